The van der Waals surface area contributed by atoms with Crippen molar-refractivity contribution in [3.8, 4) is 17.2 Å². The first-order chi connectivity index (χ1) is 13.1. The summed E-state index contributed by atoms with van der Waals surface area (Å²) in [4.78, 5) is 10.7. The molecule has 0 amide bonds. The van der Waals surface area contributed by atoms with Crippen LogP contribution in [0.25, 0.3) is 11.5 Å². The van der Waals surface area contributed by atoms with Crippen LogP contribution in [0.4, 0.5) is 5.69 Å². The molecule has 27 heavy (non-hydrogen) atoms. The van der Waals surface area contributed by atoms with E-state index in [1.165, 1.54) is 23.9 Å². The minimum atomic E-state index is -0.436. The highest BCUT2D eigenvalue weighted by Gasteiger charge is 2.21. The summed E-state index contributed by atoms with van der Waals surface area (Å²) < 4.78 is 16.4. The summed E-state index contributed by atoms with van der Waals surface area (Å²) in [7, 11) is 0. The molecule has 1 aromatic heterocycles. The molecule has 0 unspecified atom stereocenters. The molecule has 8 nitrogen and oxygen atoms in total. The Labute approximate surface area is 162 Å². The molecule has 0 saturated heterocycles. The number of hydrogen-bond donors (Lipinski definition) is 0. The molecule has 0 radical (unpaired) electrons. The predicted octanol–water partition coefficient (Wildman–Crippen LogP) is 4.46. The van der Waals surface area contributed by atoms with Gasteiger partial charge in [-0.3, -0.25) is 10.1 Å². The average Bonchev–Trinajstić information content (AvgIpc) is 3.15. The van der Waals surface area contributed by atoms with Gasteiger partial charge in [-0.2, -0.15) is 0 Å². The molecule has 138 valence electrons. The van der Waals surface area contributed by atoms with Crippen LogP contribution in [0.5, 0.6) is 5.75 Å². The van der Waals surface area contributed by atoms with Crippen molar-refractivity contribution in [2.24, 2.45) is 0 Å². The van der Waals surface area contributed by atoms with Crippen LogP contribution in [0, 0.1) is 10.1 Å². The molecular weight excluding hydrogens is 394 g/mol. The summed E-state index contributed by atoms with van der Waals surface area (Å²) in [6.45, 7) is 0.389. The predicted molar refractivity (Wildman–Crippen MR) is 97.7 cm³/mol. The molecular formula is C17H12ClN3O5S. The highest BCUT2D eigenvalue weighted by molar-refractivity contribution is 7.98. The topological polar surface area (TPSA) is 101 Å². The summed E-state index contributed by atoms with van der Waals surface area (Å²) in [6, 6.07) is 10.0. The van der Waals surface area contributed by atoms with Crippen molar-refractivity contribution < 1.29 is 18.8 Å². The van der Waals surface area contributed by atoms with Crippen molar-refractivity contribution in [2.45, 2.75) is 17.6 Å². The minimum absolute atomic E-state index is 0.00849. The van der Waals surface area contributed by atoms with Crippen molar-refractivity contribution in [3.63, 3.8) is 0 Å². The fourth-order valence-electron chi connectivity index (χ4n) is 2.61. The van der Waals surface area contributed by atoms with E-state index in [1.54, 1.807) is 24.3 Å². The maximum Gasteiger partial charge on any atom is 0.277 e. The van der Waals surface area contributed by atoms with E-state index in [2.05, 4.69) is 10.2 Å². The maximum atomic E-state index is 11.2. The van der Waals surface area contributed by atoms with Crippen LogP contribution >= 0.6 is 23.4 Å². The number of ether oxygens (including phenoxy) is 2. The van der Waals surface area contributed by atoms with Gasteiger partial charge in [-0.1, -0.05) is 23.4 Å². The Bertz CT molecular complexity index is 993. The molecule has 0 spiro atoms. The first-order valence-corrected chi connectivity index (χ1v) is 9.19. The Morgan fingerprint density at radius 1 is 1.22 bits per heavy atom. The molecule has 1 aliphatic heterocycles. The summed E-state index contributed by atoms with van der Waals surface area (Å²) >= 11 is 7.15. The van der Waals surface area contributed by atoms with Gasteiger partial charge in [-0.25, -0.2) is 0 Å². The zero-order valence-electron chi connectivity index (χ0n) is 13.8. The monoisotopic (exact) mass is 405 g/mol. The van der Waals surface area contributed by atoms with E-state index in [-0.39, 0.29) is 19.1 Å². The molecule has 4 rings (SSSR count). The number of fused-ring (bicyclic) bond motifs is 1. The molecule has 0 aliphatic carbocycles. The van der Waals surface area contributed by atoms with Gasteiger partial charge in [0, 0.05) is 39.6 Å². The molecule has 1 aliphatic rings. The second-order valence-electron chi connectivity index (χ2n) is 5.63. The first-order valence-electron chi connectivity index (χ1n) is 7.83. The Morgan fingerprint density at radius 2 is 2.04 bits per heavy atom. The van der Waals surface area contributed by atoms with Crippen LogP contribution in [-0.4, -0.2) is 21.9 Å². The van der Waals surface area contributed by atoms with E-state index in [0.29, 0.717) is 38.8 Å². The smallest absolute Gasteiger partial charge is 0.277 e. The van der Waals surface area contributed by atoms with Crippen molar-refractivity contribution in [3.05, 3.63) is 62.7 Å². The fourth-order valence-corrected chi connectivity index (χ4v) is 3.47. The van der Waals surface area contributed by atoms with Crippen LogP contribution in [0.3, 0.4) is 0 Å². The number of halogens is 1. The second kappa shape index (κ2) is 7.55. The average molecular weight is 406 g/mol. The van der Waals surface area contributed by atoms with Gasteiger partial charge < -0.3 is 13.9 Å². The van der Waals surface area contributed by atoms with E-state index in [0.717, 1.165) is 5.56 Å². The first kappa shape index (κ1) is 17.8. The Balaban J connectivity index is 1.54. The molecule has 0 atom stereocenters. The number of hydrogen-bond acceptors (Lipinski definition) is 8. The van der Waals surface area contributed by atoms with Crippen molar-refractivity contribution >= 4 is 29.1 Å². The normalized spacial score (nSPS) is 13.1. The molecule has 0 N–H and O–H groups in total. The van der Waals surface area contributed by atoms with Gasteiger partial charge in [0.05, 0.1) is 11.5 Å². The van der Waals surface area contributed by atoms with E-state index < -0.39 is 4.92 Å². The largest absolute Gasteiger partial charge is 0.467 e. The van der Waals surface area contributed by atoms with Gasteiger partial charge in [0.1, 0.15) is 5.75 Å². The molecule has 2 heterocycles. The molecule has 10 heteroatoms. The Morgan fingerprint density at radius 3 is 2.81 bits per heavy atom. The summed E-state index contributed by atoms with van der Waals surface area (Å²) in [5.74, 6) is 1.36. The van der Waals surface area contributed by atoms with Gasteiger partial charge in [0.15, 0.2) is 6.79 Å². The molecule has 3 aromatic rings. The van der Waals surface area contributed by atoms with Gasteiger partial charge in [0.2, 0.25) is 5.89 Å². The Kier molecular flexibility index (Phi) is 4.97. The second-order valence-corrected chi connectivity index (χ2v) is 6.99. The lowest BCUT2D eigenvalue weighted by atomic mass is 10.1. The highest BCUT2D eigenvalue weighted by atomic mass is 35.5. The third kappa shape index (κ3) is 3.90. The standard InChI is InChI=1S/C17H12ClN3O5S/c18-13-3-1-10(2-4-13)16-19-20-17(26-16)27-8-12-6-14(21(22)23)5-11-7-24-9-25-15(11)12/h1-6H,7-9H2. The van der Waals surface area contributed by atoms with Gasteiger partial charge in [-0.15, -0.1) is 10.2 Å². The summed E-state index contributed by atoms with van der Waals surface area (Å²) in [6.07, 6.45) is 0. The number of aromatic nitrogens is 2. The van der Waals surface area contributed by atoms with E-state index >= 15 is 0 Å². The maximum absolute atomic E-state index is 11.2. The van der Waals surface area contributed by atoms with Gasteiger partial charge >= 0.3 is 0 Å². The van der Waals surface area contributed by atoms with Crippen LogP contribution in [0.1, 0.15) is 11.1 Å². The number of nitro benzene ring substituents is 1. The van der Waals surface area contributed by atoms with E-state index in [9.17, 15) is 10.1 Å². The lowest BCUT2D eigenvalue weighted by molar-refractivity contribution is -0.385. The van der Waals surface area contributed by atoms with Crippen molar-refractivity contribution in [2.75, 3.05) is 6.79 Å². The lowest BCUT2D eigenvalue weighted by Crippen LogP contribution is -2.13. The van der Waals surface area contributed by atoms with Crippen molar-refractivity contribution in [1.29, 1.82) is 0 Å². The Hall–Kier alpha value is -2.62. The molecule has 0 bridgehead atoms. The summed E-state index contributed by atoms with van der Waals surface area (Å²) in [5, 5.41) is 20.2. The van der Waals surface area contributed by atoms with Gasteiger partial charge in [0.25, 0.3) is 10.9 Å². The molecule has 2 aromatic carbocycles. The summed E-state index contributed by atoms with van der Waals surface area (Å²) in [5.41, 5.74) is 2.08. The highest BCUT2D eigenvalue weighted by Crippen LogP contribution is 2.36. The van der Waals surface area contributed by atoms with Crippen LogP contribution in [0.2, 0.25) is 5.02 Å². The number of non-ortho nitro benzene ring substituents is 1. The van der Waals surface area contributed by atoms with Crippen molar-refractivity contribution in [1.82, 2.24) is 10.2 Å². The van der Waals surface area contributed by atoms with E-state index in [1.807, 2.05) is 0 Å². The number of nitro groups is 1. The minimum Gasteiger partial charge on any atom is -0.467 e. The molecule has 0 saturated carbocycles. The SMILES string of the molecule is O=[N+]([O-])c1cc2c(c(CSc3nnc(-c4ccc(Cl)cc4)o3)c1)OCOC2. The number of thioether (sulfide) groups is 1. The quantitative estimate of drug-likeness (QED) is 0.348. The van der Waals surface area contributed by atoms with Gasteiger partial charge in [-0.05, 0) is 24.3 Å². The molecule has 0 fully saturated rings. The fraction of sp³-hybridized carbons (Fsp3) is 0.176. The van der Waals surface area contributed by atoms with Crippen LogP contribution in [0.15, 0.2) is 46.0 Å². The number of nitrogens with zero attached hydrogens (tertiary/aromatic N) is 3. The van der Waals surface area contributed by atoms with E-state index in [4.69, 9.17) is 25.5 Å². The van der Waals surface area contributed by atoms with Crippen LogP contribution in [-0.2, 0) is 17.1 Å². The third-order valence-corrected chi connectivity index (χ3v) is 4.95. The van der Waals surface area contributed by atoms with Crippen LogP contribution < -0.4 is 4.74 Å². The number of rotatable bonds is 5. The zero-order valence-corrected chi connectivity index (χ0v) is 15.3. The lowest BCUT2D eigenvalue weighted by Gasteiger charge is -2.20. The zero-order chi connectivity index (χ0) is 18.8. The third-order valence-electron chi connectivity index (χ3n) is 3.83. The number of benzene rings is 2.